The number of aromatic nitrogens is 3. The van der Waals surface area contributed by atoms with E-state index in [0.717, 1.165) is 36.3 Å². The fourth-order valence-corrected chi connectivity index (χ4v) is 4.07. The van der Waals surface area contributed by atoms with Crippen LogP contribution in [0, 0.1) is 0 Å². The van der Waals surface area contributed by atoms with E-state index < -0.39 is 0 Å². The Kier molecular flexibility index (Phi) is 6.60. The number of likely N-dealkylation sites (N-methyl/N-ethyl adjacent to an activating group) is 1. The third kappa shape index (κ3) is 4.70. The molecule has 1 N–H and O–H groups in total. The van der Waals surface area contributed by atoms with Crippen LogP contribution in [0.2, 0.25) is 0 Å². The zero-order valence-corrected chi connectivity index (χ0v) is 19.3. The second-order valence-electron chi connectivity index (χ2n) is 8.43. The molecule has 1 aliphatic heterocycles. The van der Waals surface area contributed by atoms with E-state index in [0.29, 0.717) is 24.6 Å². The number of nitrogens with one attached hydrogen (secondary N) is 1. The zero-order chi connectivity index (χ0) is 22.7. The molecule has 0 saturated carbocycles. The van der Waals surface area contributed by atoms with Gasteiger partial charge in [0.15, 0.2) is 0 Å². The second-order valence-corrected chi connectivity index (χ2v) is 8.43. The number of urea groups is 1. The molecule has 0 spiro atoms. The van der Waals surface area contributed by atoms with Gasteiger partial charge in [0.1, 0.15) is 0 Å². The number of nitrogens with zero attached hydrogens (tertiary/aromatic N) is 5. The molecule has 32 heavy (non-hydrogen) atoms. The Hall–Kier alpha value is -3.13. The molecule has 4 rings (SSSR count). The third-order valence-electron chi connectivity index (χ3n) is 6.08. The van der Waals surface area contributed by atoms with E-state index in [1.165, 1.54) is 0 Å². The van der Waals surface area contributed by atoms with Crippen LogP contribution in [0.4, 0.5) is 4.79 Å². The van der Waals surface area contributed by atoms with Crippen molar-refractivity contribution in [2.45, 2.75) is 39.3 Å². The smallest absolute Gasteiger partial charge is 0.317 e. The standard InChI is InChI=1S/C24H32N6O2/c1-5-30-18(3)19-7-6-8-20(15-19)21-16-29-14-11-25-22(29)23(27-21)32-17(2)9-12-28(4)13-10-26-24(30)31/h6-8,11,14-18H,5,9-10,12-13H2,1-4H3,(H,26,31)/t17?,18-/m1/s1. The molecule has 170 valence electrons. The first-order valence-electron chi connectivity index (χ1n) is 11.3. The highest BCUT2D eigenvalue weighted by Gasteiger charge is 2.21. The van der Waals surface area contributed by atoms with Gasteiger partial charge in [0.25, 0.3) is 5.88 Å². The number of carbonyl (C=O) groups excluding carboxylic acids is 1. The van der Waals surface area contributed by atoms with E-state index in [1.807, 2.05) is 40.8 Å². The van der Waals surface area contributed by atoms with Gasteiger partial charge in [-0.15, -0.1) is 0 Å². The lowest BCUT2D eigenvalue weighted by molar-refractivity contribution is 0.174. The first-order chi connectivity index (χ1) is 15.5. The average Bonchev–Trinajstić information content (AvgIpc) is 3.27. The highest BCUT2D eigenvalue weighted by molar-refractivity contribution is 5.75. The van der Waals surface area contributed by atoms with Crippen molar-refractivity contribution in [3.8, 4) is 17.1 Å². The molecule has 3 aromatic rings. The van der Waals surface area contributed by atoms with Crippen LogP contribution in [0.5, 0.6) is 5.88 Å². The molecule has 1 aromatic carbocycles. The van der Waals surface area contributed by atoms with Crippen LogP contribution in [0.1, 0.15) is 38.8 Å². The molecule has 2 aromatic heterocycles. The van der Waals surface area contributed by atoms with Gasteiger partial charge in [-0.3, -0.25) is 0 Å². The summed E-state index contributed by atoms with van der Waals surface area (Å²) >= 11 is 0. The SMILES string of the molecule is CCN1C(=O)NCCN(C)CCC(C)Oc2nc(cn3ccnc23)-c2cccc(c2)[C@H]1C. The molecule has 2 amide bonds. The topological polar surface area (TPSA) is 75.0 Å². The number of carbonyl (C=O) groups is 1. The lowest BCUT2D eigenvalue weighted by Gasteiger charge is -2.29. The Balaban J connectivity index is 1.77. The molecule has 8 heteroatoms. The van der Waals surface area contributed by atoms with Crippen molar-refractivity contribution in [3.05, 3.63) is 48.4 Å². The highest BCUT2D eigenvalue weighted by atomic mass is 16.5. The molecule has 2 atom stereocenters. The molecule has 8 nitrogen and oxygen atoms in total. The number of hydrogen-bond donors (Lipinski definition) is 1. The summed E-state index contributed by atoms with van der Waals surface area (Å²) < 4.78 is 8.20. The molecule has 1 aliphatic rings. The lowest BCUT2D eigenvalue weighted by Crippen LogP contribution is -2.43. The van der Waals surface area contributed by atoms with E-state index >= 15 is 0 Å². The number of benzene rings is 1. The molecule has 0 radical (unpaired) electrons. The number of hydrogen-bond acceptors (Lipinski definition) is 5. The van der Waals surface area contributed by atoms with Gasteiger partial charge < -0.3 is 24.3 Å². The molecule has 4 bridgehead atoms. The van der Waals surface area contributed by atoms with Crippen LogP contribution in [0.3, 0.4) is 0 Å². The van der Waals surface area contributed by atoms with Gasteiger partial charge in [-0.05, 0) is 45.9 Å². The lowest BCUT2D eigenvalue weighted by atomic mass is 10.0. The van der Waals surface area contributed by atoms with Crippen molar-refractivity contribution in [3.63, 3.8) is 0 Å². The molecule has 0 fully saturated rings. The van der Waals surface area contributed by atoms with E-state index in [-0.39, 0.29) is 18.2 Å². The Labute approximate surface area is 189 Å². The number of ether oxygens (including phenoxy) is 1. The maximum atomic E-state index is 12.9. The van der Waals surface area contributed by atoms with Crippen molar-refractivity contribution in [1.29, 1.82) is 0 Å². The van der Waals surface area contributed by atoms with Gasteiger partial charge in [0, 0.05) is 50.3 Å². The maximum absolute atomic E-state index is 12.9. The largest absolute Gasteiger partial charge is 0.472 e. The van der Waals surface area contributed by atoms with Gasteiger partial charge in [-0.2, -0.15) is 0 Å². The number of amides is 2. The second kappa shape index (κ2) is 9.56. The van der Waals surface area contributed by atoms with Crippen molar-refractivity contribution in [1.82, 2.24) is 29.5 Å². The van der Waals surface area contributed by atoms with Crippen LogP contribution in [0.25, 0.3) is 16.9 Å². The van der Waals surface area contributed by atoms with Crippen LogP contribution >= 0.6 is 0 Å². The Morgan fingerprint density at radius 2 is 2.09 bits per heavy atom. The summed E-state index contributed by atoms with van der Waals surface area (Å²) in [7, 11) is 2.06. The number of rotatable bonds is 1. The summed E-state index contributed by atoms with van der Waals surface area (Å²) in [4.78, 5) is 26.2. The molecule has 1 unspecified atom stereocenters. The van der Waals surface area contributed by atoms with E-state index in [4.69, 9.17) is 9.72 Å². The van der Waals surface area contributed by atoms with Gasteiger partial charge in [0.05, 0.1) is 17.8 Å². The van der Waals surface area contributed by atoms with Crippen molar-refractivity contribution >= 4 is 11.7 Å². The Bertz CT molecular complexity index is 1080. The normalized spacial score (nSPS) is 21.1. The predicted molar refractivity (Wildman–Crippen MR) is 125 cm³/mol. The van der Waals surface area contributed by atoms with Crippen LogP contribution in [-0.2, 0) is 0 Å². The van der Waals surface area contributed by atoms with Crippen molar-refractivity contribution in [2.24, 2.45) is 0 Å². The molecule has 0 aliphatic carbocycles. The maximum Gasteiger partial charge on any atom is 0.317 e. The summed E-state index contributed by atoms with van der Waals surface area (Å²) in [6.45, 7) is 8.99. The van der Waals surface area contributed by atoms with Crippen molar-refractivity contribution < 1.29 is 9.53 Å². The summed E-state index contributed by atoms with van der Waals surface area (Å²) in [5.41, 5.74) is 3.55. The van der Waals surface area contributed by atoms with Crippen LogP contribution in [0.15, 0.2) is 42.9 Å². The van der Waals surface area contributed by atoms with Gasteiger partial charge >= 0.3 is 6.03 Å². The van der Waals surface area contributed by atoms with E-state index in [2.05, 4.69) is 48.2 Å². The van der Waals surface area contributed by atoms with Gasteiger partial charge in [0.2, 0.25) is 5.65 Å². The minimum absolute atomic E-state index is 0.0204. The molecule has 0 saturated heterocycles. The summed E-state index contributed by atoms with van der Waals surface area (Å²) in [5, 5.41) is 3.07. The number of imidazole rings is 1. The monoisotopic (exact) mass is 436 g/mol. The summed E-state index contributed by atoms with van der Waals surface area (Å²) in [6, 6.07) is 8.10. The van der Waals surface area contributed by atoms with E-state index in [9.17, 15) is 4.79 Å². The minimum atomic E-state index is -0.0684. The predicted octanol–water partition coefficient (Wildman–Crippen LogP) is 3.59. The first kappa shape index (κ1) is 22.1. The molecule has 3 heterocycles. The van der Waals surface area contributed by atoms with Gasteiger partial charge in [-0.1, -0.05) is 18.2 Å². The molecular weight excluding hydrogens is 404 g/mol. The van der Waals surface area contributed by atoms with E-state index in [1.54, 1.807) is 6.20 Å². The average molecular weight is 437 g/mol. The van der Waals surface area contributed by atoms with Crippen LogP contribution in [-0.4, -0.2) is 69.5 Å². The number of fused-ring (bicyclic) bond motifs is 7. The fourth-order valence-electron chi connectivity index (χ4n) is 4.07. The van der Waals surface area contributed by atoms with Crippen molar-refractivity contribution in [2.75, 3.05) is 33.2 Å². The highest BCUT2D eigenvalue weighted by Crippen LogP contribution is 2.28. The third-order valence-corrected chi connectivity index (χ3v) is 6.08. The first-order valence-corrected chi connectivity index (χ1v) is 11.3. The zero-order valence-electron chi connectivity index (χ0n) is 19.3. The summed E-state index contributed by atoms with van der Waals surface area (Å²) in [5.74, 6) is 0.539. The fraction of sp³-hybridized carbons (Fsp3) is 0.458. The Morgan fingerprint density at radius 3 is 2.91 bits per heavy atom. The molecular formula is C24H32N6O2. The van der Waals surface area contributed by atoms with Gasteiger partial charge in [-0.25, -0.2) is 14.8 Å². The quantitative estimate of drug-likeness (QED) is 0.631. The summed E-state index contributed by atoms with van der Waals surface area (Å²) in [6.07, 6.45) is 6.46. The Morgan fingerprint density at radius 1 is 1.25 bits per heavy atom. The van der Waals surface area contributed by atoms with Crippen LogP contribution < -0.4 is 10.1 Å². The minimum Gasteiger partial charge on any atom is -0.472 e.